The maximum absolute atomic E-state index is 5.60. The number of hydrogen-bond donors (Lipinski definition) is 2. The molecule has 2 atom stereocenters. The number of thiocarbonyl (C=S) groups is 1. The molecule has 3 heterocycles. The average Bonchev–Trinajstić information content (AvgIpc) is 3.42. The fourth-order valence-electron chi connectivity index (χ4n) is 4.74. The molecule has 4 aliphatic rings. The van der Waals surface area contributed by atoms with Crippen molar-refractivity contribution in [3.8, 4) is 23.0 Å². The largest absolute Gasteiger partial charge is 0.454 e. The van der Waals surface area contributed by atoms with Crippen molar-refractivity contribution in [1.29, 1.82) is 0 Å². The number of benzene rings is 2. The zero-order valence-electron chi connectivity index (χ0n) is 17.1. The first-order valence-corrected chi connectivity index (χ1v) is 10.9. The van der Waals surface area contributed by atoms with Crippen molar-refractivity contribution in [2.75, 3.05) is 13.6 Å². The van der Waals surface area contributed by atoms with Crippen LogP contribution in [0.1, 0.15) is 36.9 Å². The van der Waals surface area contributed by atoms with Gasteiger partial charge in [0.25, 0.3) is 0 Å². The molecule has 0 fully saturated rings. The molecular formula is C24H22N2O4S. The minimum atomic E-state index is 0.00107. The smallest absolute Gasteiger partial charge is 0.231 e. The van der Waals surface area contributed by atoms with Gasteiger partial charge in [0.2, 0.25) is 13.6 Å². The first-order chi connectivity index (χ1) is 15.1. The minimum Gasteiger partial charge on any atom is -0.454 e. The lowest BCUT2D eigenvalue weighted by molar-refractivity contribution is 0.173. The van der Waals surface area contributed by atoms with E-state index in [1.165, 1.54) is 11.1 Å². The quantitative estimate of drug-likeness (QED) is 0.678. The van der Waals surface area contributed by atoms with Gasteiger partial charge in [-0.1, -0.05) is 19.1 Å². The van der Waals surface area contributed by atoms with Crippen LogP contribution in [0.25, 0.3) is 6.08 Å². The van der Waals surface area contributed by atoms with Gasteiger partial charge in [0.1, 0.15) is 0 Å². The van der Waals surface area contributed by atoms with Crippen molar-refractivity contribution in [1.82, 2.24) is 10.6 Å². The van der Waals surface area contributed by atoms with Crippen LogP contribution in [0.4, 0.5) is 0 Å². The van der Waals surface area contributed by atoms with Gasteiger partial charge in [-0.3, -0.25) is 0 Å². The number of allylic oxidation sites excluding steroid dienone is 1. The Kier molecular flexibility index (Phi) is 4.31. The molecule has 0 bridgehead atoms. The Labute approximate surface area is 185 Å². The average molecular weight is 435 g/mol. The first kappa shape index (κ1) is 18.6. The zero-order chi connectivity index (χ0) is 20.9. The second-order valence-corrected chi connectivity index (χ2v) is 8.75. The highest BCUT2D eigenvalue weighted by molar-refractivity contribution is 7.80. The Morgan fingerprint density at radius 3 is 2.42 bits per heavy atom. The van der Waals surface area contributed by atoms with Crippen LogP contribution in [0, 0.1) is 5.92 Å². The molecule has 2 aromatic carbocycles. The second-order valence-electron chi connectivity index (χ2n) is 8.34. The van der Waals surface area contributed by atoms with Crippen LogP contribution in [0.3, 0.4) is 0 Å². The van der Waals surface area contributed by atoms with Crippen molar-refractivity contribution in [3.63, 3.8) is 0 Å². The maximum atomic E-state index is 5.60. The van der Waals surface area contributed by atoms with Gasteiger partial charge in [-0.25, -0.2) is 0 Å². The number of hydrogen-bond acceptors (Lipinski definition) is 5. The third-order valence-corrected chi connectivity index (χ3v) is 6.33. The highest BCUT2D eigenvalue weighted by atomic mass is 32.1. The summed E-state index contributed by atoms with van der Waals surface area (Å²) >= 11 is 5.59. The van der Waals surface area contributed by atoms with Crippen LogP contribution in [0.2, 0.25) is 0 Å². The van der Waals surface area contributed by atoms with Gasteiger partial charge < -0.3 is 29.6 Å². The predicted octanol–water partition coefficient (Wildman–Crippen LogP) is 4.43. The van der Waals surface area contributed by atoms with E-state index in [2.05, 4.69) is 41.8 Å². The lowest BCUT2D eigenvalue weighted by atomic mass is 9.78. The molecule has 0 saturated heterocycles. The van der Waals surface area contributed by atoms with Crippen molar-refractivity contribution in [3.05, 3.63) is 64.4 Å². The summed E-state index contributed by atoms with van der Waals surface area (Å²) in [5, 5.41) is 7.53. The van der Waals surface area contributed by atoms with E-state index in [-0.39, 0.29) is 19.6 Å². The first-order valence-electron chi connectivity index (χ1n) is 10.4. The molecule has 0 radical (unpaired) electrons. The van der Waals surface area contributed by atoms with E-state index < -0.39 is 0 Å². The van der Waals surface area contributed by atoms with E-state index >= 15 is 0 Å². The molecule has 0 saturated carbocycles. The van der Waals surface area contributed by atoms with Crippen LogP contribution in [0.15, 0.2) is 53.2 Å². The summed E-state index contributed by atoms with van der Waals surface area (Å²) in [5.41, 5.74) is 5.91. The van der Waals surface area contributed by atoms with Crippen molar-refractivity contribution in [2.45, 2.75) is 25.8 Å². The van der Waals surface area contributed by atoms with Gasteiger partial charge in [-0.15, -0.1) is 0 Å². The molecule has 0 unspecified atom stereocenters. The van der Waals surface area contributed by atoms with E-state index in [0.717, 1.165) is 52.7 Å². The summed E-state index contributed by atoms with van der Waals surface area (Å²) in [7, 11) is 0. The Hall–Kier alpha value is -3.19. The summed E-state index contributed by atoms with van der Waals surface area (Å²) < 4.78 is 22.1. The normalized spacial score (nSPS) is 24.7. The third-order valence-electron chi connectivity index (χ3n) is 6.11. The molecule has 6 rings (SSSR count). The summed E-state index contributed by atoms with van der Waals surface area (Å²) in [6.07, 6.45) is 4.21. The van der Waals surface area contributed by atoms with Crippen LogP contribution in [0.5, 0.6) is 23.0 Å². The molecule has 2 aromatic rings. The van der Waals surface area contributed by atoms with Gasteiger partial charge in [-0.05, 0) is 83.6 Å². The van der Waals surface area contributed by atoms with Crippen molar-refractivity contribution in [2.24, 2.45) is 5.92 Å². The van der Waals surface area contributed by atoms with Crippen LogP contribution in [-0.2, 0) is 0 Å². The molecule has 3 aliphatic heterocycles. The molecule has 0 amide bonds. The molecule has 0 aromatic heterocycles. The number of ether oxygens (including phenoxy) is 4. The van der Waals surface area contributed by atoms with E-state index in [1.807, 2.05) is 18.2 Å². The minimum absolute atomic E-state index is 0.00107. The third kappa shape index (κ3) is 3.29. The SMILES string of the molecule is C[C@@H]1CC2=C(NC(=S)N[C@@H]2c2ccc3c(c2)OCO3)/C(=C/c2ccc3c(c2)OCO3)C1. The summed E-state index contributed by atoms with van der Waals surface area (Å²) in [6.45, 7) is 2.84. The van der Waals surface area contributed by atoms with Gasteiger partial charge in [0, 0.05) is 5.70 Å². The van der Waals surface area contributed by atoms with Crippen molar-refractivity contribution >= 4 is 23.4 Å². The Balaban J connectivity index is 1.41. The lowest BCUT2D eigenvalue weighted by Crippen LogP contribution is -2.45. The molecule has 158 valence electrons. The standard InChI is InChI=1S/C24H22N2O4S/c1-13-6-16(8-14-2-4-18-20(9-14)29-11-27-18)23-17(7-13)22(25-24(31)26-23)15-3-5-19-21(10-15)30-12-28-19/h2-5,8-10,13,22H,6-7,11-12H2,1H3,(H2,25,26,31)/b16-8+/t13-,22+/m0/s1. The fraction of sp³-hybridized carbons (Fsp3) is 0.292. The van der Waals surface area contributed by atoms with E-state index in [0.29, 0.717) is 11.0 Å². The van der Waals surface area contributed by atoms with E-state index in [9.17, 15) is 0 Å². The number of fused-ring (bicyclic) bond motifs is 2. The van der Waals surface area contributed by atoms with Crippen molar-refractivity contribution < 1.29 is 18.9 Å². The van der Waals surface area contributed by atoms with Crippen LogP contribution in [-0.4, -0.2) is 18.7 Å². The van der Waals surface area contributed by atoms with Gasteiger partial charge in [-0.2, -0.15) is 0 Å². The molecule has 6 nitrogen and oxygen atoms in total. The van der Waals surface area contributed by atoms with Crippen LogP contribution < -0.4 is 29.6 Å². The topological polar surface area (TPSA) is 61.0 Å². The Bertz CT molecular complexity index is 1160. The lowest BCUT2D eigenvalue weighted by Gasteiger charge is -2.38. The monoisotopic (exact) mass is 434 g/mol. The number of rotatable bonds is 2. The molecular weight excluding hydrogens is 412 g/mol. The summed E-state index contributed by atoms with van der Waals surface area (Å²) in [5.74, 6) is 3.68. The van der Waals surface area contributed by atoms with E-state index in [1.54, 1.807) is 0 Å². The van der Waals surface area contributed by atoms with Crippen LogP contribution >= 0.6 is 12.2 Å². The molecule has 31 heavy (non-hydrogen) atoms. The molecule has 0 spiro atoms. The maximum Gasteiger partial charge on any atom is 0.231 e. The predicted molar refractivity (Wildman–Crippen MR) is 120 cm³/mol. The fourth-order valence-corrected chi connectivity index (χ4v) is 4.96. The molecule has 1 aliphatic carbocycles. The molecule has 7 heteroatoms. The van der Waals surface area contributed by atoms with Gasteiger partial charge in [0.15, 0.2) is 28.1 Å². The van der Waals surface area contributed by atoms with E-state index in [4.69, 9.17) is 31.2 Å². The second kappa shape index (κ2) is 7.20. The molecule has 2 N–H and O–H groups in total. The Morgan fingerprint density at radius 1 is 0.903 bits per heavy atom. The Morgan fingerprint density at radius 2 is 1.61 bits per heavy atom. The van der Waals surface area contributed by atoms with Gasteiger partial charge >= 0.3 is 0 Å². The zero-order valence-corrected chi connectivity index (χ0v) is 17.9. The summed E-state index contributed by atoms with van der Waals surface area (Å²) in [6, 6.07) is 12.2. The highest BCUT2D eigenvalue weighted by Gasteiger charge is 2.33. The van der Waals surface area contributed by atoms with Gasteiger partial charge in [0.05, 0.1) is 6.04 Å². The number of nitrogens with one attached hydrogen (secondary N) is 2. The summed E-state index contributed by atoms with van der Waals surface area (Å²) in [4.78, 5) is 0. The highest BCUT2D eigenvalue weighted by Crippen LogP contribution is 2.43.